The van der Waals surface area contributed by atoms with Gasteiger partial charge in [-0.1, -0.05) is 0 Å². The number of nitrogens with zero attached hydrogens (tertiary/aromatic N) is 1. The van der Waals surface area contributed by atoms with Gasteiger partial charge >= 0.3 is 5.97 Å². The zero-order chi connectivity index (χ0) is 11.8. The van der Waals surface area contributed by atoms with E-state index in [1.165, 1.54) is 6.20 Å². The van der Waals surface area contributed by atoms with Gasteiger partial charge < -0.3 is 10.1 Å². The first-order chi connectivity index (χ1) is 7.48. The van der Waals surface area contributed by atoms with Gasteiger partial charge in [-0.3, -0.25) is 0 Å². The van der Waals surface area contributed by atoms with Crippen LogP contribution in [-0.2, 0) is 9.84 Å². The van der Waals surface area contributed by atoms with Crippen LogP contribution in [0.15, 0.2) is 6.20 Å². The van der Waals surface area contributed by atoms with E-state index in [0.717, 1.165) is 0 Å². The van der Waals surface area contributed by atoms with Crippen molar-refractivity contribution in [3.05, 3.63) is 17.7 Å². The molecule has 7 heteroatoms. The first-order valence-electron chi connectivity index (χ1n) is 4.96. The van der Waals surface area contributed by atoms with Gasteiger partial charge in [0.05, 0.1) is 11.5 Å². The average Bonchev–Trinajstić information content (AvgIpc) is 2.66. The highest BCUT2D eigenvalue weighted by atomic mass is 32.2. The number of aromatic nitrogens is 2. The van der Waals surface area contributed by atoms with E-state index in [1.54, 1.807) is 0 Å². The minimum Gasteiger partial charge on any atom is -0.475 e. The number of imidazole rings is 1. The molecule has 0 saturated carbocycles. The highest BCUT2D eigenvalue weighted by Crippen LogP contribution is 2.27. The second kappa shape index (κ2) is 3.89. The van der Waals surface area contributed by atoms with E-state index in [1.807, 2.05) is 0 Å². The summed E-state index contributed by atoms with van der Waals surface area (Å²) in [5.74, 6) is -0.791. The van der Waals surface area contributed by atoms with Crippen molar-refractivity contribution in [1.82, 2.24) is 9.97 Å². The first-order valence-corrected chi connectivity index (χ1v) is 6.79. The lowest BCUT2D eigenvalue weighted by atomic mass is 10.00. The Bertz CT molecular complexity index is 491. The number of nitrogens with one attached hydrogen (secondary N) is 1. The molecule has 6 nitrogen and oxygen atoms in total. The molecule has 0 amide bonds. The maximum atomic E-state index is 11.2. The Morgan fingerprint density at radius 3 is 2.56 bits per heavy atom. The summed E-state index contributed by atoms with van der Waals surface area (Å²) in [6.45, 7) is 0. The number of aromatic amines is 1. The van der Waals surface area contributed by atoms with Crippen LogP contribution in [0.2, 0.25) is 0 Å². The van der Waals surface area contributed by atoms with Crippen LogP contribution >= 0.6 is 0 Å². The number of hydrogen-bond acceptors (Lipinski definition) is 4. The van der Waals surface area contributed by atoms with Crippen LogP contribution in [0.4, 0.5) is 0 Å². The summed E-state index contributed by atoms with van der Waals surface area (Å²) in [7, 11) is -2.88. The molecule has 0 aliphatic carbocycles. The molecule has 2 heterocycles. The molecule has 1 aliphatic rings. The van der Waals surface area contributed by atoms with Crippen molar-refractivity contribution in [3.8, 4) is 0 Å². The van der Waals surface area contributed by atoms with Crippen molar-refractivity contribution >= 4 is 15.8 Å². The summed E-state index contributed by atoms with van der Waals surface area (Å²) in [4.78, 5) is 17.0. The minimum absolute atomic E-state index is 0.0733. The van der Waals surface area contributed by atoms with Crippen LogP contribution in [0, 0.1) is 0 Å². The van der Waals surface area contributed by atoms with Crippen molar-refractivity contribution in [3.63, 3.8) is 0 Å². The molecule has 2 N–H and O–H groups in total. The summed E-state index contributed by atoms with van der Waals surface area (Å²) in [6, 6.07) is 0. The van der Waals surface area contributed by atoms with Gasteiger partial charge in [0.15, 0.2) is 0 Å². The standard InChI is InChI=1S/C9H12N2O4S/c12-9(13)8-10-5-7(11-8)6-1-3-16(14,15)4-2-6/h5-6H,1-4H2,(H,10,11)(H,12,13). The molecule has 1 saturated heterocycles. The maximum Gasteiger partial charge on any atom is 0.371 e. The van der Waals surface area contributed by atoms with Gasteiger partial charge in [-0.15, -0.1) is 0 Å². The quantitative estimate of drug-likeness (QED) is 0.784. The van der Waals surface area contributed by atoms with Gasteiger partial charge in [-0.25, -0.2) is 18.2 Å². The molecule has 0 radical (unpaired) electrons. The third-order valence-corrected chi connectivity index (χ3v) is 4.51. The van der Waals surface area contributed by atoms with Crippen LogP contribution in [0.3, 0.4) is 0 Å². The van der Waals surface area contributed by atoms with Crippen LogP contribution < -0.4 is 0 Å². The number of rotatable bonds is 2. The summed E-state index contributed by atoms with van der Waals surface area (Å²) in [5, 5.41) is 8.69. The van der Waals surface area contributed by atoms with Crippen molar-refractivity contribution in [1.29, 1.82) is 0 Å². The molecule has 1 aliphatic heterocycles. The third kappa shape index (κ3) is 2.24. The number of carboxylic acids is 1. The van der Waals surface area contributed by atoms with E-state index < -0.39 is 15.8 Å². The smallest absolute Gasteiger partial charge is 0.371 e. The molecule has 0 aromatic carbocycles. The molecule has 1 aromatic heterocycles. The van der Waals surface area contributed by atoms with E-state index in [0.29, 0.717) is 18.5 Å². The highest BCUT2D eigenvalue weighted by Gasteiger charge is 2.26. The monoisotopic (exact) mass is 244 g/mol. The molecule has 0 unspecified atom stereocenters. The predicted molar refractivity (Wildman–Crippen MR) is 56.2 cm³/mol. The van der Waals surface area contributed by atoms with Gasteiger partial charge in [0, 0.05) is 17.8 Å². The zero-order valence-corrected chi connectivity index (χ0v) is 9.33. The minimum atomic E-state index is -2.88. The van der Waals surface area contributed by atoms with Gasteiger partial charge in [-0.05, 0) is 12.8 Å². The molecule has 0 bridgehead atoms. The maximum absolute atomic E-state index is 11.2. The fourth-order valence-electron chi connectivity index (χ4n) is 1.85. The van der Waals surface area contributed by atoms with Gasteiger partial charge in [0.1, 0.15) is 9.84 Å². The Balaban J connectivity index is 2.11. The molecule has 16 heavy (non-hydrogen) atoms. The lowest BCUT2D eigenvalue weighted by Gasteiger charge is -2.20. The van der Waals surface area contributed by atoms with Gasteiger partial charge in [-0.2, -0.15) is 0 Å². The van der Waals surface area contributed by atoms with Crippen LogP contribution in [0.25, 0.3) is 0 Å². The lowest BCUT2D eigenvalue weighted by molar-refractivity contribution is 0.0684. The summed E-state index contributed by atoms with van der Waals surface area (Å²) >= 11 is 0. The van der Waals surface area contributed by atoms with Gasteiger partial charge in [0.2, 0.25) is 5.82 Å². The highest BCUT2D eigenvalue weighted by molar-refractivity contribution is 7.91. The normalized spacial score (nSPS) is 20.8. The van der Waals surface area contributed by atoms with Crippen LogP contribution in [0.1, 0.15) is 35.1 Å². The Kier molecular flexibility index (Phi) is 2.71. The Morgan fingerprint density at radius 1 is 1.44 bits per heavy atom. The van der Waals surface area contributed by atoms with Crippen molar-refractivity contribution in [2.24, 2.45) is 0 Å². The average molecular weight is 244 g/mol. The van der Waals surface area contributed by atoms with Crippen molar-refractivity contribution in [2.45, 2.75) is 18.8 Å². The topological polar surface area (TPSA) is 100 Å². The van der Waals surface area contributed by atoms with E-state index >= 15 is 0 Å². The van der Waals surface area contributed by atoms with Crippen LogP contribution in [-0.4, -0.2) is 41.0 Å². The molecule has 1 fully saturated rings. The third-order valence-electron chi connectivity index (χ3n) is 2.79. The summed E-state index contributed by atoms with van der Waals surface area (Å²) < 4.78 is 22.4. The molecule has 0 atom stereocenters. The van der Waals surface area contributed by atoms with E-state index in [2.05, 4.69) is 9.97 Å². The van der Waals surface area contributed by atoms with Gasteiger partial charge in [0.25, 0.3) is 0 Å². The number of H-pyrrole nitrogens is 1. The largest absolute Gasteiger partial charge is 0.475 e. The second-order valence-corrected chi connectivity index (χ2v) is 6.22. The van der Waals surface area contributed by atoms with Crippen LogP contribution in [0.5, 0.6) is 0 Å². The molecule has 2 rings (SSSR count). The van der Waals surface area contributed by atoms with Crippen molar-refractivity contribution in [2.75, 3.05) is 11.5 Å². The van der Waals surface area contributed by atoms with E-state index in [4.69, 9.17) is 5.11 Å². The molecular formula is C9H12N2O4S. The molecule has 88 valence electrons. The number of carbonyl (C=O) groups is 1. The molecular weight excluding hydrogens is 232 g/mol. The number of sulfone groups is 1. The first kappa shape index (κ1) is 11.1. The number of hydrogen-bond donors (Lipinski definition) is 2. The van der Waals surface area contributed by atoms with Crippen molar-refractivity contribution < 1.29 is 18.3 Å². The Morgan fingerprint density at radius 2 is 2.06 bits per heavy atom. The number of aromatic carboxylic acids is 1. The summed E-state index contributed by atoms with van der Waals surface area (Å²) in [5.41, 5.74) is 0.715. The fourth-order valence-corrected chi connectivity index (χ4v) is 3.34. The molecule has 0 spiro atoms. The Labute approximate surface area is 92.6 Å². The van der Waals surface area contributed by atoms with E-state index in [-0.39, 0.29) is 23.2 Å². The second-order valence-electron chi connectivity index (χ2n) is 3.92. The summed E-state index contributed by atoms with van der Waals surface area (Å²) in [6.07, 6.45) is 2.54. The fraction of sp³-hybridized carbons (Fsp3) is 0.556. The lowest BCUT2D eigenvalue weighted by Crippen LogP contribution is -2.22. The van der Waals surface area contributed by atoms with E-state index in [9.17, 15) is 13.2 Å². The predicted octanol–water partition coefficient (Wildman–Crippen LogP) is 0.400. The number of carboxylic acid groups (broad SMARTS) is 1. The zero-order valence-electron chi connectivity index (χ0n) is 8.51. The SMILES string of the molecule is O=C(O)c1ncc(C2CCS(=O)(=O)CC2)[nH]1. The Hall–Kier alpha value is -1.37. The molecule has 1 aromatic rings.